The molecule has 1 heterocycles. The number of urea groups is 1. The summed E-state index contributed by atoms with van der Waals surface area (Å²) in [5.41, 5.74) is 0. The third kappa shape index (κ3) is 3.85. The van der Waals surface area contributed by atoms with Gasteiger partial charge in [-0.15, -0.1) is 0 Å². The number of nitrogens with one attached hydrogen (secondary N) is 3. The summed E-state index contributed by atoms with van der Waals surface area (Å²) in [6.45, 7) is 0.968. The van der Waals surface area contributed by atoms with Gasteiger partial charge in [0.25, 0.3) is 0 Å². The highest BCUT2D eigenvalue weighted by Gasteiger charge is 2.27. The van der Waals surface area contributed by atoms with Crippen LogP contribution in [0.3, 0.4) is 0 Å². The summed E-state index contributed by atoms with van der Waals surface area (Å²) >= 11 is 0. The van der Waals surface area contributed by atoms with Gasteiger partial charge in [-0.1, -0.05) is 19.3 Å². The molecule has 3 N–H and O–H groups in total. The van der Waals surface area contributed by atoms with Crippen molar-refractivity contribution in [3.63, 3.8) is 0 Å². The maximum Gasteiger partial charge on any atom is 0.324 e. The van der Waals surface area contributed by atoms with Gasteiger partial charge in [0, 0.05) is 26.2 Å². The molecular formula is C13H23N5O2. The van der Waals surface area contributed by atoms with Gasteiger partial charge < -0.3 is 16.0 Å². The predicted octanol–water partition coefficient (Wildman–Crippen LogP) is 0.0359. The lowest BCUT2D eigenvalue weighted by atomic mass is 9.96. The molecule has 3 amide bonds. The average molecular weight is 281 g/mol. The number of hydrogen-bond donors (Lipinski definition) is 3. The summed E-state index contributed by atoms with van der Waals surface area (Å²) in [6, 6.07) is 0.165. The standard InChI is InChI=1S/C13H23N5O2/c1-14-12(17-10-5-3-2-4-6-10)15-7-8-18-11(19)9-16-13(18)20/h10H,2-9H2,1H3,(H,16,20)(H2,14,15,17). The zero-order chi connectivity index (χ0) is 14.4. The summed E-state index contributed by atoms with van der Waals surface area (Å²) in [7, 11) is 1.73. The van der Waals surface area contributed by atoms with Crippen molar-refractivity contribution in [2.75, 3.05) is 26.7 Å². The van der Waals surface area contributed by atoms with Crippen LogP contribution >= 0.6 is 0 Å². The molecule has 1 saturated carbocycles. The lowest BCUT2D eigenvalue weighted by molar-refractivity contribution is -0.124. The van der Waals surface area contributed by atoms with E-state index in [9.17, 15) is 9.59 Å². The fourth-order valence-corrected chi connectivity index (χ4v) is 2.60. The molecule has 112 valence electrons. The smallest absolute Gasteiger partial charge is 0.324 e. The van der Waals surface area contributed by atoms with Gasteiger partial charge in [0.05, 0.1) is 6.54 Å². The lowest BCUT2D eigenvalue weighted by Gasteiger charge is -2.25. The molecule has 2 rings (SSSR count). The predicted molar refractivity (Wildman–Crippen MR) is 76.5 cm³/mol. The summed E-state index contributed by atoms with van der Waals surface area (Å²) in [5.74, 6) is 0.566. The molecule has 0 aromatic carbocycles. The number of imide groups is 1. The van der Waals surface area contributed by atoms with Crippen LogP contribution in [0.1, 0.15) is 32.1 Å². The largest absolute Gasteiger partial charge is 0.355 e. The van der Waals surface area contributed by atoms with Crippen LogP contribution in [0.2, 0.25) is 0 Å². The molecule has 2 aliphatic rings. The number of guanidine groups is 1. The van der Waals surface area contributed by atoms with Crippen molar-refractivity contribution in [1.82, 2.24) is 20.9 Å². The number of nitrogens with zero attached hydrogens (tertiary/aromatic N) is 2. The third-order valence-electron chi connectivity index (χ3n) is 3.73. The van der Waals surface area contributed by atoms with E-state index in [1.54, 1.807) is 7.05 Å². The van der Waals surface area contributed by atoms with Crippen LogP contribution in [0.25, 0.3) is 0 Å². The second-order valence-corrected chi connectivity index (χ2v) is 5.18. The van der Waals surface area contributed by atoms with E-state index in [0.29, 0.717) is 19.1 Å². The summed E-state index contributed by atoms with van der Waals surface area (Å²) in [4.78, 5) is 28.2. The molecule has 0 atom stereocenters. The van der Waals surface area contributed by atoms with Crippen molar-refractivity contribution < 1.29 is 9.59 Å². The van der Waals surface area contributed by atoms with Gasteiger partial charge in [-0.2, -0.15) is 0 Å². The highest BCUT2D eigenvalue weighted by atomic mass is 16.2. The first-order valence-electron chi connectivity index (χ1n) is 7.26. The van der Waals surface area contributed by atoms with Crippen LogP contribution < -0.4 is 16.0 Å². The molecule has 20 heavy (non-hydrogen) atoms. The van der Waals surface area contributed by atoms with E-state index < -0.39 is 0 Å². The van der Waals surface area contributed by atoms with Gasteiger partial charge in [0.15, 0.2) is 5.96 Å². The van der Waals surface area contributed by atoms with Gasteiger partial charge in [-0.25, -0.2) is 4.79 Å². The van der Waals surface area contributed by atoms with Crippen molar-refractivity contribution >= 4 is 17.9 Å². The summed E-state index contributed by atoms with van der Waals surface area (Å²) < 4.78 is 0. The van der Waals surface area contributed by atoms with E-state index in [4.69, 9.17) is 0 Å². The normalized spacial score (nSPS) is 21.1. The molecule has 0 spiro atoms. The molecule has 7 nitrogen and oxygen atoms in total. The van der Waals surface area contributed by atoms with Crippen LogP contribution in [-0.4, -0.2) is 55.5 Å². The Kier molecular flexibility index (Phi) is 5.20. The minimum Gasteiger partial charge on any atom is -0.355 e. The molecule has 7 heteroatoms. The van der Waals surface area contributed by atoms with Gasteiger partial charge in [0.2, 0.25) is 5.91 Å². The number of carbonyl (C=O) groups excluding carboxylic acids is 2. The van der Waals surface area contributed by atoms with E-state index in [0.717, 1.165) is 5.96 Å². The number of rotatable bonds is 4. The molecule has 0 radical (unpaired) electrons. The molecule has 1 saturated heterocycles. The molecule has 1 aliphatic carbocycles. The highest BCUT2D eigenvalue weighted by molar-refractivity contribution is 6.01. The van der Waals surface area contributed by atoms with E-state index in [-0.39, 0.29) is 18.5 Å². The van der Waals surface area contributed by atoms with Crippen molar-refractivity contribution in [3.05, 3.63) is 0 Å². The van der Waals surface area contributed by atoms with Gasteiger partial charge in [0.1, 0.15) is 0 Å². The van der Waals surface area contributed by atoms with Crippen molar-refractivity contribution in [2.45, 2.75) is 38.1 Å². The Bertz CT molecular complexity index is 374. The maximum atomic E-state index is 11.4. The van der Waals surface area contributed by atoms with E-state index in [2.05, 4.69) is 20.9 Å². The highest BCUT2D eigenvalue weighted by Crippen LogP contribution is 2.17. The molecule has 0 aromatic rings. The quantitative estimate of drug-likeness (QED) is 0.386. The fourth-order valence-electron chi connectivity index (χ4n) is 2.60. The Morgan fingerprint density at radius 1 is 1.35 bits per heavy atom. The fraction of sp³-hybridized carbons (Fsp3) is 0.769. The van der Waals surface area contributed by atoms with E-state index >= 15 is 0 Å². The first kappa shape index (κ1) is 14.6. The zero-order valence-electron chi connectivity index (χ0n) is 11.9. The van der Waals surface area contributed by atoms with E-state index in [1.165, 1.54) is 37.0 Å². The Hall–Kier alpha value is -1.79. The maximum absolute atomic E-state index is 11.4. The van der Waals surface area contributed by atoms with Gasteiger partial charge in [-0.3, -0.25) is 14.7 Å². The topological polar surface area (TPSA) is 85.8 Å². The molecule has 0 bridgehead atoms. The number of amides is 3. The Morgan fingerprint density at radius 2 is 2.10 bits per heavy atom. The third-order valence-corrected chi connectivity index (χ3v) is 3.73. The summed E-state index contributed by atoms with van der Waals surface area (Å²) in [5, 5.41) is 9.04. The molecule has 1 aliphatic heterocycles. The number of aliphatic imine (C=N–C) groups is 1. The first-order valence-corrected chi connectivity index (χ1v) is 7.26. The number of carbonyl (C=O) groups is 2. The lowest BCUT2D eigenvalue weighted by Crippen LogP contribution is -2.47. The minimum atomic E-state index is -0.313. The van der Waals surface area contributed by atoms with Crippen LogP contribution in [0.4, 0.5) is 4.79 Å². The van der Waals surface area contributed by atoms with Crippen LogP contribution in [0.5, 0.6) is 0 Å². The Morgan fingerprint density at radius 3 is 2.70 bits per heavy atom. The van der Waals surface area contributed by atoms with E-state index in [1.807, 2.05) is 0 Å². The van der Waals surface area contributed by atoms with Crippen molar-refractivity contribution in [3.8, 4) is 0 Å². The second kappa shape index (κ2) is 7.12. The minimum absolute atomic E-state index is 0.105. The van der Waals surface area contributed by atoms with Gasteiger partial charge >= 0.3 is 6.03 Å². The molecular weight excluding hydrogens is 258 g/mol. The second-order valence-electron chi connectivity index (χ2n) is 5.18. The summed E-state index contributed by atoms with van der Waals surface area (Å²) in [6.07, 6.45) is 6.19. The zero-order valence-corrected chi connectivity index (χ0v) is 11.9. The van der Waals surface area contributed by atoms with Gasteiger partial charge in [-0.05, 0) is 12.8 Å². The van der Waals surface area contributed by atoms with Crippen LogP contribution in [0, 0.1) is 0 Å². The van der Waals surface area contributed by atoms with Crippen LogP contribution in [0.15, 0.2) is 4.99 Å². The molecule has 0 aromatic heterocycles. The monoisotopic (exact) mass is 281 g/mol. The average Bonchev–Trinajstić information content (AvgIpc) is 2.79. The molecule has 2 fully saturated rings. The first-order chi connectivity index (χ1) is 9.70. The van der Waals surface area contributed by atoms with Crippen molar-refractivity contribution in [1.29, 1.82) is 0 Å². The number of hydrogen-bond acceptors (Lipinski definition) is 3. The SMILES string of the molecule is CN=C(NCCN1C(=O)CNC1=O)NC1CCCCC1. The molecule has 0 unspecified atom stereocenters. The Balaban J connectivity index is 1.71. The Labute approximate surface area is 119 Å². The van der Waals surface area contributed by atoms with Crippen molar-refractivity contribution in [2.24, 2.45) is 4.99 Å². The van der Waals surface area contributed by atoms with Crippen LogP contribution in [-0.2, 0) is 4.79 Å².